The molecule has 0 radical (unpaired) electrons. The maximum absolute atomic E-state index is 11.7. The van der Waals surface area contributed by atoms with Crippen LogP contribution in [0.2, 0.25) is 0 Å². The molecule has 2 N–H and O–H groups in total. The largest absolute Gasteiger partial charge is 0.385 e. The van der Waals surface area contributed by atoms with E-state index in [1.807, 2.05) is 0 Å². The SMILES string of the molecule is CCC1CCCNC1CNS(=O)(=O)CCCOC. The van der Waals surface area contributed by atoms with Crippen LogP contribution in [0.5, 0.6) is 0 Å². The highest BCUT2D eigenvalue weighted by Crippen LogP contribution is 2.19. The van der Waals surface area contributed by atoms with Crippen molar-refractivity contribution in [1.29, 1.82) is 0 Å². The Bertz CT molecular complexity index is 319. The van der Waals surface area contributed by atoms with Crippen molar-refractivity contribution in [2.75, 3.05) is 32.6 Å². The first-order valence-corrected chi connectivity index (χ1v) is 8.44. The number of nitrogens with one attached hydrogen (secondary N) is 2. The van der Waals surface area contributed by atoms with Gasteiger partial charge in [0.2, 0.25) is 10.0 Å². The van der Waals surface area contributed by atoms with Crippen LogP contribution in [0.4, 0.5) is 0 Å². The zero-order chi connectivity index (χ0) is 13.4. The molecule has 1 heterocycles. The number of ether oxygens (including phenoxy) is 1. The molecule has 2 unspecified atom stereocenters. The van der Waals surface area contributed by atoms with Gasteiger partial charge in [0.1, 0.15) is 0 Å². The van der Waals surface area contributed by atoms with Crippen molar-refractivity contribution in [2.24, 2.45) is 5.92 Å². The molecule has 0 aliphatic carbocycles. The quantitative estimate of drug-likeness (QED) is 0.642. The van der Waals surface area contributed by atoms with Crippen LogP contribution in [0.1, 0.15) is 32.6 Å². The summed E-state index contributed by atoms with van der Waals surface area (Å²) in [6.45, 7) is 4.15. The fraction of sp³-hybridized carbons (Fsp3) is 1.00. The van der Waals surface area contributed by atoms with Crippen molar-refractivity contribution in [3.63, 3.8) is 0 Å². The summed E-state index contributed by atoms with van der Waals surface area (Å²) in [5.74, 6) is 0.727. The van der Waals surface area contributed by atoms with E-state index in [-0.39, 0.29) is 11.8 Å². The zero-order valence-electron chi connectivity index (χ0n) is 11.4. The average molecular weight is 278 g/mol. The molecule has 1 aliphatic rings. The van der Waals surface area contributed by atoms with Gasteiger partial charge in [0.25, 0.3) is 0 Å². The third-order valence-electron chi connectivity index (χ3n) is 3.54. The highest BCUT2D eigenvalue weighted by molar-refractivity contribution is 7.89. The molecule has 1 saturated heterocycles. The Labute approximate surface area is 111 Å². The minimum absolute atomic E-state index is 0.143. The van der Waals surface area contributed by atoms with E-state index in [2.05, 4.69) is 17.0 Å². The van der Waals surface area contributed by atoms with Gasteiger partial charge in [-0.05, 0) is 31.7 Å². The summed E-state index contributed by atoms with van der Waals surface area (Å²) in [7, 11) is -1.57. The summed E-state index contributed by atoms with van der Waals surface area (Å²) in [5, 5.41) is 3.41. The third-order valence-corrected chi connectivity index (χ3v) is 4.97. The van der Waals surface area contributed by atoms with E-state index >= 15 is 0 Å². The molecule has 0 bridgehead atoms. The molecule has 0 saturated carbocycles. The molecule has 108 valence electrons. The molecular formula is C12H26N2O3S. The van der Waals surface area contributed by atoms with Crippen LogP contribution in [0.15, 0.2) is 0 Å². The number of rotatable bonds is 8. The second kappa shape index (κ2) is 8.09. The van der Waals surface area contributed by atoms with Gasteiger partial charge in [-0.3, -0.25) is 0 Å². The minimum atomic E-state index is -3.15. The lowest BCUT2D eigenvalue weighted by Crippen LogP contribution is -2.48. The molecule has 2 atom stereocenters. The van der Waals surface area contributed by atoms with Crippen LogP contribution in [0.3, 0.4) is 0 Å². The number of piperidine rings is 1. The molecule has 18 heavy (non-hydrogen) atoms. The predicted octanol–water partition coefficient (Wildman–Crippen LogP) is 0.721. The van der Waals surface area contributed by atoms with Gasteiger partial charge < -0.3 is 10.1 Å². The van der Waals surface area contributed by atoms with Crippen molar-refractivity contribution in [2.45, 2.75) is 38.6 Å². The normalized spacial score (nSPS) is 25.2. The average Bonchev–Trinajstić information content (AvgIpc) is 2.37. The van der Waals surface area contributed by atoms with Gasteiger partial charge in [-0.1, -0.05) is 13.3 Å². The van der Waals surface area contributed by atoms with Crippen molar-refractivity contribution in [3.05, 3.63) is 0 Å². The van der Waals surface area contributed by atoms with Crippen molar-refractivity contribution in [1.82, 2.24) is 10.0 Å². The van der Waals surface area contributed by atoms with E-state index < -0.39 is 10.0 Å². The number of methoxy groups -OCH3 is 1. The molecule has 1 fully saturated rings. The fourth-order valence-corrected chi connectivity index (χ4v) is 3.50. The van der Waals surface area contributed by atoms with Crippen LogP contribution in [0, 0.1) is 5.92 Å². The van der Waals surface area contributed by atoms with Crippen LogP contribution in [0.25, 0.3) is 0 Å². The van der Waals surface area contributed by atoms with Gasteiger partial charge in [0, 0.05) is 26.3 Å². The molecule has 0 aromatic carbocycles. The third kappa shape index (κ3) is 5.65. The first-order chi connectivity index (χ1) is 8.59. The highest BCUT2D eigenvalue weighted by atomic mass is 32.2. The Balaban J connectivity index is 2.33. The van der Waals surface area contributed by atoms with E-state index in [1.54, 1.807) is 7.11 Å². The minimum Gasteiger partial charge on any atom is -0.385 e. The van der Waals surface area contributed by atoms with Crippen LogP contribution in [-0.4, -0.2) is 47.0 Å². The second-order valence-corrected chi connectivity index (χ2v) is 6.81. The molecule has 0 aromatic rings. The summed E-state index contributed by atoms with van der Waals surface area (Å²) >= 11 is 0. The van der Waals surface area contributed by atoms with Gasteiger partial charge in [-0.2, -0.15) is 0 Å². The van der Waals surface area contributed by atoms with Crippen LogP contribution in [-0.2, 0) is 14.8 Å². The summed E-state index contributed by atoms with van der Waals surface area (Å²) < 4.78 is 31.1. The van der Waals surface area contributed by atoms with Crippen LogP contribution >= 0.6 is 0 Å². The molecule has 0 amide bonds. The van der Waals surface area contributed by atoms with Crippen molar-refractivity contribution in [3.8, 4) is 0 Å². The Morgan fingerprint density at radius 3 is 2.89 bits per heavy atom. The smallest absolute Gasteiger partial charge is 0.211 e. The summed E-state index contributed by atoms with van der Waals surface area (Å²) in [6.07, 6.45) is 4.03. The fourth-order valence-electron chi connectivity index (χ4n) is 2.43. The predicted molar refractivity (Wildman–Crippen MR) is 73.1 cm³/mol. The number of hydrogen-bond donors (Lipinski definition) is 2. The van der Waals surface area contributed by atoms with Crippen molar-refractivity contribution < 1.29 is 13.2 Å². The Morgan fingerprint density at radius 1 is 1.44 bits per heavy atom. The summed E-state index contributed by atoms with van der Waals surface area (Å²) in [6, 6.07) is 0.279. The van der Waals surface area contributed by atoms with E-state index in [1.165, 1.54) is 12.8 Å². The van der Waals surface area contributed by atoms with Gasteiger partial charge in [-0.25, -0.2) is 13.1 Å². The topological polar surface area (TPSA) is 67.4 Å². The van der Waals surface area contributed by atoms with Gasteiger partial charge in [-0.15, -0.1) is 0 Å². The molecule has 5 nitrogen and oxygen atoms in total. The maximum atomic E-state index is 11.7. The highest BCUT2D eigenvalue weighted by Gasteiger charge is 2.24. The number of hydrogen-bond acceptors (Lipinski definition) is 4. The number of sulfonamides is 1. The van der Waals surface area contributed by atoms with Gasteiger partial charge in [0.05, 0.1) is 5.75 Å². The molecule has 0 spiro atoms. The van der Waals surface area contributed by atoms with Crippen LogP contribution < -0.4 is 10.0 Å². The zero-order valence-corrected chi connectivity index (χ0v) is 12.3. The lowest BCUT2D eigenvalue weighted by atomic mass is 9.89. The summed E-state index contributed by atoms with van der Waals surface area (Å²) in [4.78, 5) is 0. The second-order valence-electron chi connectivity index (χ2n) is 4.88. The lowest BCUT2D eigenvalue weighted by Gasteiger charge is -2.32. The van der Waals surface area contributed by atoms with E-state index in [9.17, 15) is 8.42 Å². The lowest BCUT2D eigenvalue weighted by molar-refractivity contribution is 0.199. The van der Waals surface area contributed by atoms with Crippen molar-refractivity contribution >= 4 is 10.0 Å². The van der Waals surface area contributed by atoms with E-state index in [0.717, 1.165) is 13.0 Å². The monoisotopic (exact) mass is 278 g/mol. The van der Waals surface area contributed by atoms with E-state index in [0.29, 0.717) is 25.5 Å². The molecular weight excluding hydrogens is 252 g/mol. The molecule has 6 heteroatoms. The molecule has 1 aliphatic heterocycles. The van der Waals surface area contributed by atoms with Gasteiger partial charge in [0.15, 0.2) is 0 Å². The first-order valence-electron chi connectivity index (χ1n) is 6.78. The molecule has 0 aromatic heterocycles. The van der Waals surface area contributed by atoms with Gasteiger partial charge >= 0.3 is 0 Å². The Morgan fingerprint density at radius 2 is 2.22 bits per heavy atom. The Kier molecular flexibility index (Phi) is 7.14. The summed E-state index contributed by atoms with van der Waals surface area (Å²) in [5.41, 5.74) is 0. The Hall–Kier alpha value is -0.170. The molecule has 1 rings (SSSR count). The maximum Gasteiger partial charge on any atom is 0.211 e. The standard InChI is InChI=1S/C12H26N2O3S/c1-3-11-6-4-7-13-12(11)10-14-18(15,16)9-5-8-17-2/h11-14H,3-10H2,1-2H3. The van der Waals surface area contributed by atoms with E-state index in [4.69, 9.17) is 4.74 Å². The first kappa shape index (κ1) is 15.9.